The zero-order chi connectivity index (χ0) is 14.4. The second-order valence-corrected chi connectivity index (χ2v) is 6.17. The van der Waals surface area contributed by atoms with Crippen LogP contribution < -0.4 is 0 Å². The number of thiophene rings is 1. The summed E-state index contributed by atoms with van der Waals surface area (Å²) in [5.41, 5.74) is 0. The molecule has 4 nitrogen and oxygen atoms in total. The number of piperidine rings is 1. The van der Waals surface area contributed by atoms with Gasteiger partial charge in [-0.2, -0.15) is 0 Å². The van der Waals surface area contributed by atoms with Crippen molar-refractivity contribution in [3.05, 3.63) is 22.4 Å². The van der Waals surface area contributed by atoms with Crippen LogP contribution in [0.15, 0.2) is 17.5 Å². The van der Waals surface area contributed by atoms with Crippen molar-refractivity contribution >= 4 is 23.2 Å². The Bertz CT molecular complexity index is 444. The van der Waals surface area contributed by atoms with Crippen LogP contribution in [0.25, 0.3) is 0 Å². The number of amides is 1. The maximum atomic E-state index is 12.2. The molecular weight excluding hydrogens is 274 g/mol. The molecule has 1 aromatic heterocycles. The first kappa shape index (κ1) is 15.0. The number of likely N-dealkylation sites (tertiary alicyclic amines) is 1. The fourth-order valence-corrected chi connectivity index (χ4v) is 3.34. The molecule has 2 rings (SSSR count). The van der Waals surface area contributed by atoms with E-state index < -0.39 is 0 Å². The number of esters is 1. The van der Waals surface area contributed by atoms with E-state index in [9.17, 15) is 9.59 Å². The Balaban J connectivity index is 1.75. The first-order valence-electron chi connectivity index (χ1n) is 7.08. The minimum Gasteiger partial charge on any atom is -0.469 e. The number of ether oxygens (including phenoxy) is 1. The van der Waals surface area contributed by atoms with Crippen LogP contribution in [0.5, 0.6) is 0 Å². The number of methoxy groups -OCH3 is 1. The summed E-state index contributed by atoms with van der Waals surface area (Å²) in [6.45, 7) is 1.29. The minimum absolute atomic E-state index is 0.144. The normalized spacial score (nSPS) is 18.9. The van der Waals surface area contributed by atoms with Crippen LogP contribution in [-0.2, 0) is 20.7 Å². The van der Waals surface area contributed by atoms with Crippen molar-refractivity contribution in [1.82, 2.24) is 4.90 Å². The summed E-state index contributed by atoms with van der Waals surface area (Å²) in [4.78, 5) is 26.8. The molecule has 0 aliphatic carbocycles. The van der Waals surface area contributed by atoms with Gasteiger partial charge in [-0.3, -0.25) is 9.59 Å². The third-order valence-electron chi connectivity index (χ3n) is 3.70. The molecule has 0 spiro atoms. The molecule has 1 atom stereocenters. The zero-order valence-electron chi connectivity index (χ0n) is 11.8. The van der Waals surface area contributed by atoms with E-state index in [1.165, 1.54) is 12.0 Å². The Morgan fingerprint density at radius 3 is 3.05 bits per heavy atom. The number of carbonyl (C=O) groups is 2. The number of rotatable bonds is 5. The number of hydrogen-bond donors (Lipinski definition) is 0. The molecule has 1 aromatic rings. The Hall–Kier alpha value is -1.36. The van der Waals surface area contributed by atoms with E-state index in [0.717, 1.165) is 32.2 Å². The van der Waals surface area contributed by atoms with Crippen LogP contribution in [0.1, 0.15) is 30.6 Å². The second kappa shape index (κ2) is 7.43. The summed E-state index contributed by atoms with van der Waals surface area (Å²) in [7, 11) is 1.41. The average molecular weight is 295 g/mol. The summed E-state index contributed by atoms with van der Waals surface area (Å²) in [6.07, 6.45) is 4.10. The molecule has 1 fully saturated rings. The lowest BCUT2D eigenvalue weighted by Gasteiger charge is -2.31. The Morgan fingerprint density at radius 2 is 2.35 bits per heavy atom. The lowest BCUT2D eigenvalue weighted by atomic mass is 9.98. The van der Waals surface area contributed by atoms with E-state index in [4.69, 9.17) is 4.74 Å². The van der Waals surface area contributed by atoms with Gasteiger partial charge in [0.05, 0.1) is 13.0 Å². The average Bonchev–Trinajstić information content (AvgIpc) is 2.99. The highest BCUT2D eigenvalue weighted by Crippen LogP contribution is 2.19. The minimum atomic E-state index is -0.193. The fourth-order valence-electron chi connectivity index (χ4n) is 2.59. The maximum Gasteiger partial charge on any atom is 0.310 e. The topological polar surface area (TPSA) is 46.6 Å². The van der Waals surface area contributed by atoms with Gasteiger partial charge in [0.25, 0.3) is 0 Å². The smallest absolute Gasteiger partial charge is 0.310 e. The number of aryl methyl sites for hydroxylation is 1. The van der Waals surface area contributed by atoms with Crippen molar-refractivity contribution in [3.63, 3.8) is 0 Å². The molecule has 0 saturated carbocycles. The molecular formula is C15H21NO3S. The summed E-state index contributed by atoms with van der Waals surface area (Å²) in [6, 6.07) is 4.14. The molecule has 0 bridgehead atoms. The molecule has 1 unspecified atom stereocenters. The van der Waals surface area contributed by atoms with Crippen LogP contribution in [0.4, 0.5) is 0 Å². The van der Waals surface area contributed by atoms with Crippen molar-refractivity contribution in [1.29, 1.82) is 0 Å². The third kappa shape index (κ3) is 4.07. The molecule has 1 aliphatic rings. The molecule has 1 aliphatic heterocycles. The zero-order valence-corrected chi connectivity index (χ0v) is 12.7. The highest BCUT2D eigenvalue weighted by molar-refractivity contribution is 7.09. The Labute approximate surface area is 123 Å². The SMILES string of the molecule is COC(=O)C1CCCN(C(=O)CCCc2cccs2)C1. The predicted octanol–water partition coefficient (Wildman–Crippen LogP) is 2.48. The van der Waals surface area contributed by atoms with E-state index >= 15 is 0 Å². The van der Waals surface area contributed by atoms with Gasteiger partial charge in [-0.15, -0.1) is 11.3 Å². The lowest BCUT2D eigenvalue weighted by molar-refractivity contribution is -0.149. The van der Waals surface area contributed by atoms with Gasteiger partial charge in [-0.05, 0) is 37.1 Å². The largest absolute Gasteiger partial charge is 0.469 e. The molecule has 110 valence electrons. The van der Waals surface area contributed by atoms with Crippen LogP contribution in [0.2, 0.25) is 0 Å². The van der Waals surface area contributed by atoms with Gasteiger partial charge in [-0.25, -0.2) is 0 Å². The molecule has 2 heterocycles. The van der Waals surface area contributed by atoms with Crippen molar-refractivity contribution in [2.24, 2.45) is 5.92 Å². The summed E-state index contributed by atoms with van der Waals surface area (Å²) < 4.78 is 4.77. The van der Waals surface area contributed by atoms with Gasteiger partial charge in [0, 0.05) is 24.4 Å². The van der Waals surface area contributed by atoms with Gasteiger partial charge in [0.15, 0.2) is 0 Å². The van der Waals surface area contributed by atoms with Gasteiger partial charge in [0.2, 0.25) is 5.91 Å². The van der Waals surface area contributed by atoms with E-state index in [0.29, 0.717) is 13.0 Å². The van der Waals surface area contributed by atoms with E-state index in [1.807, 2.05) is 11.0 Å². The van der Waals surface area contributed by atoms with Crippen molar-refractivity contribution in [3.8, 4) is 0 Å². The number of carbonyl (C=O) groups excluding carboxylic acids is 2. The second-order valence-electron chi connectivity index (χ2n) is 5.13. The quantitative estimate of drug-likeness (QED) is 0.784. The standard InChI is InChI=1S/C15H21NO3S/c1-19-15(18)12-5-3-9-16(11-12)14(17)8-2-6-13-7-4-10-20-13/h4,7,10,12H,2-3,5-6,8-9,11H2,1H3. The highest BCUT2D eigenvalue weighted by atomic mass is 32.1. The van der Waals surface area contributed by atoms with Crippen LogP contribution in [-0.4, -0.2) is 37.0 Å². The van der Waals surface area contributed by atoms with Crippen LogP contribution in [0.3, 0.4) is 0 Å². The van der Waals surface area contributed by atoms with E-state index in [1.54, 1.807) is 11.3 Å². The van der Waals surface area contributed by atoms with E-state index in [-0.39, 0.29) is 17.8 Å². The summed E-state index contributed by atoms with van der Waals surface area (Å²) in [5.74, 6) is -0.175. The molecule has 5 heteroatoms. The Kier molecular flexibility index (Phi) is 5.59. The van der Waals surface area contributed by atoms with Crippen molar-refractivity contribution in [2.45, 2.75) is 32.1 Å². The van der Waals surface area contributed by atoms with Crippen LogP contribution in [0, 0.1) is 5.92 Å². The van der Waals surface area contributed by atoms with E-state index in [2.05, 4.69) is 11.4 Å². The molecule has 0 radical (unpaired) electrons. The summed E-state index contributed by atoms with van der Waals surface area (Å²) in [5, 5.41) is 2.06. The fraction of sp³-hybridized carbons (Fsp3) is 0.600. The van der Waals surface area contributed by atoms with Gasteiger partial charge < -0.3 is 9.64 Å². The van der Waals surface area contributed by atoms with Gasteiger partial charge >= 0.3 is 5.97 Å². The summed E-state index contributed by atoms with van der Waals surface area (Å²) >= 11 is 1.73. The first-order valence-corrected chi connectivity index (χ1v) is 7.96. The Morgan fingerprint density at radius 1 is 1.50 bits per heavy atom. The van der Waals surface area contributed by atoms with Gasteiger partial charge in [-0.1, -0.05) is 6.07 Å². The molecule has 1 amide bonds. The van der Waals surface area contributed by atoms with Crippen molar-refractivity contribution in [2.75, 3.05) is 20.2 Å². The first-order chi connectivity index (χ1) is 9.70. The lowest BCUT2D eigenvalue weighted by Crippen LogP contribution is -2.42. The monoisotopic (exact) mass is 295 g/mol. The number of nitrogens with zero attached hydrogens (tertiary/aromatic N) is 1. The molecule has 20 heavy (non-hydrogen) atoms. The molecule has 1 saturated heterocycles. The number of hydrogen-bond acceptors (Lipinski definition) is 4. The van der Waals surface area contributed by atoms with Crippen molar-refractivity contribution < 1.29 is 14.3 Å². The molecule has 0 aromatic carbocycles. The molecule has 0 N–H and O–H groups in total. The predicted molar refractivity (Wildman–Crippen MR) is 78.6 cm³/mol. The third-order valence-corrected chi connectivity index (χ3v) is 4.64. The van der Waals surface area contributed by atoms with Gasteiger partial charge in [0.1, 0.15) is 0 Å². The highest BCUT2D eigenvalue weighted by Gasteiger charge is 2.28. The maximum absolute atomic E-state index is 12.2. The van der Waals surface area contributed by atoms with Crippen LogP contribution >= 0.6 is 11.3 Å².